The molecule has 5 nitrogen and oxygen atoms in total. The average Bonchev–Trinajstić information content (AvgIpc) is 3.12. The van der Waals surface area contributed by atoms with Gasteiger partial charge in [0.2, 0.25) is 0 Å². The fourth-order valence-electron chi connectivity index (χ4n) is 2.59. The Balaban J connectivity index is 1.99. The molecule has 1 aromatic carbocycles. The number of hydrogen-bond donors (Lipinski definition) is 2. The summed E-state index contributed by atoms with van der Waals surface area (Å²) in [6, 6.07) is 8.95. The first-order valence-electron chi connectivity index (χ1n) is 8.23. The van der Waals surface area contributed by atoms with Gasteiger partial charge in [0, 0.05) is 27.7 Å². The molecule has 0 radical (unpaired) electrons. The van der Waals surface area contributed by atoms with Gasteiger partial charge in [-0.3, -0.25) is 0 Å². The second-order valence-corrected chi connectivity index (χ2v) is 7.82. The highest BCUT2D eigenvalue weighted by molar-refractivity contribution is 14.1. The third kappa shape index (κ3) is 4.63. The van der Waals surface area contributed by atoms with E-state index in [0.717, 1.165) is 19.7 Å². The topological polar surface area (TPSA) is 67.3 Å². The summed E-state index contributed by atoms with van der Waals surface area (Å²) in [6.07, 6.45) is 0. The Kier molecular flexibility index (Phi) is 6.74. The van der Waals surface area contributed by atoms with Crippen LogP contribution in [0.3, 0.4) is 0 Å². The standard InChI is InChI=1S/C19H19FIN3O2S/c1-11-14(9-25)18(23-16-5-3-12(8-21)7-15(16)20)24-19(22-11)17-6-4-13(27-17)10-26-2/h3-7,25H,8-10H2,1-2H3,(H,22,23,24). The molecule has 8 heteroatoms. The molecule has 0 saturated carbocycles. The van der Waals surface area contributed by atoms with E-state index >= 15 is 0 Å². The first-order chi connectivity index (χ1) is 13.0. The minimum Gasteiger partial charge on any atom is -0.391 e. The van der Waals surface area contributed by atoms with Crippen molar-refractivity contribution in [2.24, 2.45) is 0 Å². The van der Waals surface area contributed by atoms with E-state index in [1.54, 1.807) is 31.4 Å². The van der Waals surface area contributed by atoms with Gasteiger partial charge < -0.3 is 15.2 Å². The maximum atomic E-state index is 14.4. The van der Waals surface area contributed by atoms with Gasteiger partial charge >= 0.3 is 0 Å². The zero-order valence-corrected chi connectivity index (χ0v) is 17.9. The molecule has 0 aliphatic carbocycles. The van der Waals surface area contributed by atoms with Crippen LogP contribution in [0.2, 0.25) is 0 Å². The molecule has 2 aromatic heterocycles. The van der Waals surface area contributed by atoms with Crippen molar-refractivity contribution in [3.05, 3.63) is 57.8 Å². The van der Waals surface area contributed by atoms with Gasteiger partial charge in [0.15, 0.2) is 5.82 Å². The molecule has 0 bridgehead atoms. The number of benzene rings is 1. The number of rotatable bonds is 7. The van der Waals surface area contributed by atoms with E-state index in [4.69, 9.17) is 4.74 Å². The molecule has 0 atom stereocenters. The normalized spacial score (nSPS) is 11.0. The number of nitrogens with zero attached hydrogens (tertiary/aromatic N) is 2. The maximum Gasteiger partial charge on any atom is 0.171 e. The van der Waals surface area contributed by atoms with Crippen LogP contribution in [0.1, 0.15) is 21.7 Å². The highest BCUT2D eigenvalue weighted by atomic mass is 127. The fourth-order valence-corrected chi connectivity index (χ4v) is 3.98. The van der Waals surface area contributed by atoms with Gasteiger partial charge in [0.05, 0.1) is 23.8 Å². The van der Waals surface area contributed by atoms with Gasteiger partial charge in [-0.05, 0) is 36.8 Å². The van der Waals surface area contributed by atoms with E-state index in [1.807, 2.05) is 18.2 Å². The van der Waals surface area contributed by atoms with Crippen molar-refractivity contribution in [2.45, 2.75) is 24.6 Å². The number of nitrogens with one attached hydrogen (secondary N) is 1. The molecule has 0 fully saturated rings. The third-order valence-corrected chi connectivity index (χ3v) is 5.92. The molecule has 2 heterocycles. The second-order valence-electron chi connectivity index (χ2n) is 5.89. The lowest BCUT2D eigenvalue weighted by atomic mass is 10.2. The molecule has 2 N–H and O–H groups in total. The lowest BCUT2D eigenvalue weighted by Gasteiger charge is -2.14. The Morgan fingerprint density at radius 1 is 1.26 bits per heavy atom. The number of aliphatic hydroxyl groups is 1. The van der Waals surface area contributed by atoms with E-state index in [2.05, 4.69) is 37.9 Å². The van der Waals surface area contributed by atoms with Gasteiger partial charge in [-0.1, -0.05) is 28.7 Å². The zero-order valence-electron chi connectivity index (χ0n) is 14.9. The zero-order chi connectivity index (χ0) is 19.4. The van der Waals surface area contributed by atoms with Gasteiger partial charge in [0.25, 0.3) is 0 Å². The highest BCUT2D eigenvalue weighted by Gasteiger charge is 2.15. The van der Waals surface area contributed by atoms with E-state index in [1.165, 1.54) is 6.07 Å². The van der Waals surface area contributed by atoms with E-state index < -0.39 is 0 Å². The van der Waals surface area contributed by atoms with Crippen molar-refractivity contribution in [3.63, 3.8) is 0 Å². The SMILES string of the molecule is COCc1ccc(-c2nc(C)c(CO)c(Nc3ccc(CI)cc3F)n2)s1. The fraction of sp³-hybridized carbons (Fsp3) is 0.263. The molecule has 3 rings (SSSR count). The van der Waals surface area contributed by atoms with Gasteiger partial charge in [0.1, 0.15) is 11.6 Å². The van der Waals surface area contributed by atoms with Crippen molar-refractivity contribution in [1.29, 1.82) is 0 Å². The van der Waals surface area contributed by atoms with E-state index in [0.29, 0.717) is 35.2 Å². The van der Waals surface area contributed by atoms with Crippen LogP contribution < -0.4 is 5.32 Å². The summed E-state index contributed by atoms with van der Waals surface area (Å²) in [4.78, 5) is 11.0. The first kappa shape index (κ1) is 20.1. The van der Waals surface area contributed by atoms with Crippen LogP contribution in [0.15, 0.2) is 30.3 Å². The highest BCUT2D eigenvalue weighted by Crippen LogP contribution is 2.30. The number of aliphatic hydroxyl groups excluding tert-OH is 1. The number of methoxy groups -OCH3 is 1. The van der Waals surface area contributed by atoms with Crippen LogP contribution in [0.4, 0.5) is 15.9 Å². The number of hydrogen-bond acceptors (Lipinski definition) is 6. The first-order valence-corrected chi connectivity index (χ1v) is 10.6. The van der Waals surface area contributed by atoms with Gasteiger partial charge in [-0.15, -0.1) is 11.3 Å². The summed E-state index contributed by atoms with van der Waals surface area (Å²) in [7, 11) is 1.65. The maximum absolute atomic E-state index is 14.4. The van der Waals surface area contributed by atoms with Gasteiger partial charge in [-0.2, -0.15) is 0 Å². The van der Waals surface area contributed by atoms with Crippen LogP contribution in [-0.2, 0) is 22.4 Å². The quantitative estimate of drug-likeness (QED) is 0.355. The average molecular weight is 499 g/mol. The van der Waals surface area contributed by atoms with Crippen LogP contribution in [0.25, 0.3) is 10.7 Å². The van der Waals surface area contributed by atoms with Crippen LogP contribution in [0, 0.1) is 12.7 Å². The number of alkyl halides is 1. The second kappa shape index (κ2) is 9.05. The summed E-state index contributed by atoms with van der Waals surface area (Å²) >= 11 is 3.73. The number of anilines is 2. The molecule has 0 saturated heterocycles. The van der Waals surface area contributed by atoms with E-state index in [9.17, 15) is 9.50 Å². The Morgan fingerprint density at radius 3 is 2.74 bits per heavy atom. The summed E-state index contributed by atoms with van der Waals surface area (Å²) in [5.74, 6) is 0.580. The summed E-state index contributed by atoms with van der Waals surface area (Å²) in [5.41, 5.74) is 2.42. The van der Waals surface area contributed by atoms with E-state index in [-0.39, 0.29) is 12.4 Å². The molecule has 142 valence electrons. The van der Waals surface area contributed by atoms with Crippen LogP contribution in [-0.4, -0.2) is 22.2 Å². The van der Waals surface area contributed by atoms with Crippen molar-refractivity contribution in [3.8, 4) is 10.7 Å². The molecule has 0 aliphatic heterocycles. The smallest absolute Gasteiger partial charge is 0.171 e. The number of aromatic nitrogens is 2. The molecular weight excluding hydrogens is 480 g/mol. The van der Waals surface area contributed by atoms with Crippen LogP contribution in [0.5, 0.6) is 0 Å². The Labute approximate surface area is 174 Å². The monoisotopic (exact) mass is 499 g/mol. The Morgan fingerprint density at radius 2 is 2.07 bits per heavy atom. The number of thiophene rings is 1. The minimum atomic E-state index is -0.357. The largest absolute Gasteiger partial charge is 0.391 e. The third-order valence-electron chi connectivity index (χ3n) is 3.98. The number of halogens is 2. The predicted octanol–water partition coefficient (Wildman–Crippen LogP) is 4.97. The molecule has 0 spiro atoms. The van der Waals surface area contributed by atoms with Crippen molar-refractivity contribution in [1.82, 2.24) is 9.97 Å². The molecular formula is C19H19FIN3O2S. The van der Waals surface area contributed by atoms with Crippen molar-refractivity contribution in [2.75, 3.05) is 12.4 Å². The molecule has 3 aromatic rings. The Bertz CT molecular complexity index is 949. The lowest BCUT2D eigenvalue weighted by molar-refractivity contribution is 0.187. The van der Waals surface area contributed by atoms with Gasteiger partial charge in [-0.25, -0.2) is 14.4 Å². The summed E-state index contributed by atoms with van der Waals surface area (Å²) < 4.78 is 20.3. The van der Waals surface area contributed by atoms with Crippen molar-refractivity contribution >= 4 is 45.4 Å². The molecule has 0 unspecified atom stereocenters. The Hall–Kier alpha value is -1.62. The van der Waals surface area contributed by atoms with Crippen molar-refractivity contribution < 1.29 is 14.2 Å². The summed E-state index contributed by atoms with van der Waals surface area (Å²) in [5, 5.41) is 12.8. The minimum absolute atomic E-state index is 0.235. The number of aryl methyl sites for hydroxylation is 1. The lowest BCUT2D eigenvalue weighted by Crippen LogP contribution is -2.06. The summed E-state index contributed by atoms with van der Waals surface area (Å²) in [6.45, 7) is 2.10. The van der Waals surface area contributed by atoms with Crippen LogP contribution >= 0.6 is 33.9 Å². The number of ether oxygens (including phenoxy) is 1. The molecule has 27 heavy (non-hydrogen) atoms. The predicted molar refractivity (Wildman–Crippen MR) is 114 cm³/mol. The molecule has 0 amide bonds. The molecule has 0 aliphatic rings.